The summed E-state index contributed by atoms with van der Waals surface area (Å²) in [7, 11) is -2.89. The molecule has 48 heavy (non-hydrogen) atoms. The average molecular weight is 682 g/mol. The van der Waals surface area contributed by atoms with Crippen LogP contribution in [-0.2, 0) is 15.8 Å². The van der Waals surface area contributed by atoms with E-state index in [2.05, 4.69) is 50.4 Å². The Balaban J connectivity index is 1.36. The number of carbonyl (C=O) groups is 1. The summed E-state index contributed by atoms with van der Waals surface area (Å²) >= 11 is 0. The van der Waals surface area contributed by atoms with Crippen molar-refractivity contribution in [3.63, 3.8) is 0 Å². The predicted octanol–water partition coefficient (Wildman–Crippen LogP) is 8.15. The lowest BCUT2D eigenvalue weighted by atomic mass is 9.74. The van der Waals surface area contributed by atoms with Crippen molar-refractivity contribution in [1.82, 2.24) is 9.78 Å². The molecule has 0 unspecified atom stereocenters. The zero-order valence-corrected chi connectivity index (χ0v) is 28.3. The summed E-state index contributed by atoms with van der Waals surface area (Å²) in [5.41, 5.74) is 2.10. The third kappa shape index (κ3) is 6.11. The first-order chi connectivity index (χ1) is 22.7. The molecular formula is C37H40F5N3O2Si. The molecular weight excluding hydrogens is 642 g/mol. The van der Waals surface area contributed by atoms with Crippen molar-refractivity contribution in [2.24, 2.45) is 5.92 Å². The first-order valence-electron chi connectivity index (χ1n) is 16.4. The minimum atomic E-state index is -4.24. The maximum absolute atomic E-state index is 14.1. The van der Waals surface area contributed by atoms with Crippen LogP contribution in [0.1, 0.15) is 64.4 Å². The monoisotopic (exact) mass is 681 g/mol. The number of nitrogens with zero attached hydrogens (tertiary/aromatic N) is 2. The largest absolute Gasteiger partial charge is 0.406 e. The molecule has 2 aliphatic rings. The summed E-state index contributed by atoms with van der Waals surface area (Å²) in [6.07, 6.45) is 0.828. The number of amides is 1. The fourth-order valence-corrected chi connectivity index (χ4v) is 11.7. The Kier molecular flexibility index (Phi) is 9.14. The fourth-order valence-electron chi connectivity index (χ4n) is 7.12. The SMILES string of the molecule is CC(C)(C)[Si](OCCn1nc(NC(=O)C[C@@H]2CC(F)(F)C2(F)F)c(C2CCC2)c1-c1ccc(F)cc1)(c1ccccc1)c1ccccc1. The third-order valence-corrected chi connectivity index (χ3v) is 14.9. The number of carbonyl (C=O) groups excluding carboxylic acids is 1. The minimum Gasteiger partial charge on any atom is -0.406 e. The molecule has 0 radical (unpaired) electrons. The van der Waals surface area contributed by atoms with Gasteiger partial charge in [-0.2, -0.15) is 22.7 Å². The molecule has 3 aromatic carbocycles. The molecule has 254 valence electrons. The number of hydrogen-bond acceptors (Lipinski definition) is 3. The molecule has 5 nitrogen and oxygen atoms in total. The van der Waals surface area contributed by atoms with Crippen molar-refractivity contribution >= 4 is 30.4 Å². The van der Waals surface area contributed by atoms with Crippen LogP contribution < -0.4 is 15.7 Å². The van der Waals surface area contributed by atoms with Crippen LogP contribution in [-0.4, -0.2) is 42.5 Å². The molecule has 1 amide bonds. The van der Waals surface area contributed by atoms with E-state index in [-0.39, 0.29) is 29.9 Å². The van der Waals surface area contributed by atoms with Gasteiger partial charge in [-0.05, 0) is 58.4 Å². The summed E-state index contributed by atoms with van der Waals surface area (Å²) in [5, 5.41) is 9.44. The number of halogens is 5. The van der Waals surface area contributed by atoms with E-state index < -0.39 is 50.6 Å². The van der Waals surface area contributed by atoms with E-state index in [9.17, 15) is 26.7 Å². The number of nitrogens with one attached hydrogen (secondary N) is 1. The summed E-state index contributed by atoms with van der Waals surface area (Å²) in [6.45, 7) is 7.08. The Labute approximate surface area is 278 Å². The van der Waals surface area contributed by atoms with Crippen LogP contribution >= 0.6 is 0 Å². The Morgan fingerprint density at radius 3 is 2.00 bits per heavy atom. The van der Waals surface area contributed by atoms with Crippen molar-refractivity contribution < 1.29 is 31.2 Å². The lowest BCUT2D eigenvalue weighted by Gasteiger charge is -2.43. The lowest BCUT2D eigenvalue weighted by Crippen LogP contribution is -2.66. The summed E-state index contributed by atoms with van der Waals surface area (Å²) < 4.78 is 78.0. The van der Waals surface area contributed by atoms with Crippen molar-refractivity contribution in [3.05, 3.63) is 96.3 Å². The molecule has 1 atom stereocenters. The number of hydrogen-bond donors (Lipinski definition) is 1. The third-order valence-electron chi connectivity index (χ3n) is 9.85. The van der Waals surface area contributed by atoms with E-state index in [0.29, 0.717) is 11.3 Å². The minimum absolute atomic E-state index is 0.0289. The Hall–Kier alpha value is -3.83. The maximum atomic E-state index is 14.1. The van der Waals surface area contributed by atoms with E-state index in [0.717, 1.165) is 35.2 Å². The Morgan fingerprint density at radius 1 is 0.938 bits per heavy atom. The highest BCUT2D eigenvalue weighted by molar-refractivity contribution is 6.99. The molecule has 6 rings (SSSR count). The van der Waals surface area contributed by atoms with E-state index in [4.69, 9.17) is 9.52 Å². The van der Waals surface area contributed by atoms with Crippen molar-refractivity contribution in [2.45, 2.75) is 82.2 Å². The molecule has 0 saturated heterocycles. The van der Waals surface area contributed by atoms with Crippen LogP contribution in [0.3, 0.4) is 0 Å². The number of alkyl halides is 4. The molecule has 2 aliphatic carbocycles. The molecule has 0 aliphatic heterocycles. The highest BCUT2D eigenvalue weighted by atomic mass is 28.4. The van der Waals surface area contributed by atoms with Gasteiger partial charge in [-0.25, -0.2) is 4.39 Å². The smallest absolute Gasteiger partial charge is 0.313 e. The first-order valence-corrected chi connectivity index (χ1v) is 18.3. The van der Waals surface area contributed by atoms with Crippen LogP contribution in [0.4, 0.5) is 27.8 Å². The van der Waals surface area contributed by atoms with Gasteiger partial charge in [0.1, 0.15) is 5.82 Å². The topological polar surface area (TPSA) is 56.1 Å². The van der Waals surface area contributed by atoms with Gasteiger partial charge in [0.25, 0.3) is 8.32 Å². The van der Waals surface area contributed by atoms with Crippen molar-refractivity contribution in [1.29, 1.82) is 0 Å². The van der Waals surface area contributed by atoms with Crippen LogP contribution in [0.25, 0.3) is 11.3 Å². The normalized spacial score (nSPS) is 19.0. The van der Waals surface area contributed by atoms with Crippen LogP contribution in [0, 0.1) is 11.7 Å². The van der Waals surface area contributed by atoms with Gasteiger partial charge < -0.3 is 9.74 Å². The van der Waals surface area contributed by atoms with Gasteiger partial charge in [0.05, 0.1) is 18.8 Å². The molecule has 1 heterocycles. The van der Waals surface area contributed by atoms with Crippen LogP contribution in [0.2, 0.25) is 5.04 Å². The molecule has 11 heteroatoms. The fraction of sp³-hybridized carbons (Fsp3) is 0.405. The highest BCUT2D eigenvalue weighted by Crippen LogP contribution is 2.56. The van der Waals surface area contributed by atoms with Crippen LogP contribution in [0.15, 0.2) is 84.9 Å². The van der Waals surface area contributed by atoms with Gasteiger partial charge in [0.2, 0.25) is 5.91 Å². The highest BCUT2D eigenvalue weighted by Gasteiger charge is 2.71. The second-order valence-electron chi connectivity index (χ2n) is 14.0. The van der Waals surface area contributed by atoms with Gasteiger partial charge in [-0.15, -0.1) is 0 Å². The van der Waals surface area contributed by atoms with Gasteiger partial charge in [0, 0.05) is 29.9 Å². The number of benzene rings is 3. The predicted molar refractivity (Wildman–Crippen MR) is 179 cm³/mol. The zero-order valence-electron chi connectivity index (χ0n) is 27.3. The maximum Gasteiger partial charge on any atom is 0.313 e. The van der Waals surface area contributed by atoms with E-state index in [1.54, 1.807) is 16.8 Å². The van der Waals surface area contributed by atoms with Crippen molar-refractivity contribution in [2.75, 3.05) is 11.9 Å². The number of rotatable bonds is 11. The standard InChI is InChI=1S/C37H40F5N3O2Si/c1-35(2,3)48(29-13-6-4-7-14-29,30-15-8-5-9-16-30)47-22-21-45-33(26-17-19-28(38)20-18-26)32(25-11-10-12-25)34(44-45)43-31(46)23-27-24-36(39,40)37(27,41)42/h4-9,13-20,25,27H,10-12,21-24H2,1-3H3,(H,43,44,46)/t27-/m1/s1. The first kappa shape index (κ1) is 34.0. The summed E-state index contributed by atoms with van der Waals surface area (Å²) in [4.78, 5) is 13.1. The van der Waals surface area contributed by atoms with E-state index in [1.165, 1.54) is 12.1 Å². The molecule has 0 bridgehead atoms. The van der Waals surface area contributed by atoms with Gasteiger partial charge >= 0.3 is 11.8 Å². The van der Waals surface area contributed by atoms with Crippen LogP contribution in [0.5, 0.6) is 0 Å². The second kappa shape index (κ2) is 12.9. The number of anilines is 1. The molecule has 1 N–H and O–H groups in total. The molecule has 0 spiro atoms. The average Bonchev–Trinajstić information content (AvgIpc) is 3.35. The zero-order chi connectivity index (χ0) is 34.3. The molecule has 1 aromatic heterocycles. The van der Waals surface area contributed by atoms with Crippen molar-refractivity contribution in [3.8, 4) is 11.3 Å². The molecule has 2 saturated carbocycles. The summed E-state index contributed by atoms with van der Waals surface area (Å²) in [5.74, 6) is -11.1. The summed E-state index contributed by atoms with van der Waals surface area (Å²) in [6, 6.07) is 26.4. The second-order valence-corrected chi connectivity index (χ2v) is 18.3. The lowest BCUT2D eigenvalue weighted by molar-refractivity contribution is -0.313. The van der Waals surface area contributed by atoms with Gasteiger partial charge in [-0.3, -0.25) is 9.48 Å². The van der Waals surface area contributed by atoms with Gasteiger partial charge in [0.15, 0.2) is 5.82 Å². The molecule has 2 fully saturated rings. The van der Waals surface area contributed by atoms with E-state index in [1.807, 2.05) is 36.4 Å². The van der Waals surface area contributed by atoms with Gasteiger partial charge in [-0.1, -0.05) is 87.9 Å². The Morgan fingerprint density at radius 2 is 1.52 bits per heavy atom. The number of aromatic nitrogens is 2. The van der Waals surface area contributed by atoms with E-state index >= 15 is 0 Å². The molecule has 4 aromatic rings. The Bertz CT molecular complexity index is 1700. The quantitative estimate of drug-likeness (QED) is 0.128.